The Bertz CT molecular complexity index is 372. The molecule has 17 heavy (non-hydrogen) atoms. The zero-order valence-corrected chi connectivity index (χ0v) is 10.7. The standard InChI is InChI=1S/C11H21N5O/c1-9(2)16-7-4-10(13-16)8-15(3)6-5-11(12)14-17/h4,7,9,17H,5-6,8H2,1-3H3,(H2,12,14). The summed E-state index contributed by atoms with van der Waals surface area (Å²) in [5, 5.41) is 15.8. The summed E-state index contributed by atoms with van der Waals surface area (Å²) in [7, 11) is 1.99. The summed E-state index contributed by atoms with van der Waals surface area (Å²) in [6, 6.07) is 2.39. The topological polar surface area (TPSA) is 79.7 Å². The molecule has 0 aliphatic carbocycles. The molecule has 96 valence electrons. The van der Waals surface area contributed by atoms with Crippen LogP contribution in [0.5, 0.6) is 0 Å². The van der Waals surface area contributed by atoms with Crippen LogP contribution in [0.4, 0.5) is 0 Å². The fraction of sp³-hybridized carbons (Fsp3) is 0.636. The lowest BCUT2D eigenvalue weighted by Gasteiger charge is -2.14. The summed E-state index contributed by atoms with van der Waals surface area (Å²) in [4.78, 5) is 2.09. The van der Waals surface area contributed by atoms with E-state index in [1.807, 2.05) is 24.0 Å². The molecule has 0 bridgehead atoms. The Morgan fingerprint density at radius 2 is 2.35 bits per heavy atom. The quantitative estimate of drug-likeness (QED) is 0.336. The maximum Gasteiger partial charge on any atom is 0.140 e. The molecule has 6 nitrogen and oxygen atoms in total. The summed E-state index contributed by atoms with van der Waals surface area (Å²) in [5.41, 5.74) is 6.44. The van der Waals surface area contributed by atoms with Crippen molar-refractivity contribution in [1.29, 1.82) is 0 Å². The normalized spacial score (nSPS) is 12.6. The largest absolute Gasteiger partial charge is 0.409 e. The molecule has 1 aromatic rings. The third-order valence-electron chi connectivity index (χ3n) is 2.50. The van der Waals surface area contributed by atoms with Crippen LogP contribution in [-0.2, 0) is 6.54 Å². The van der Waals surface area contributed by atoms with Crippen LogP contribution in [0, 0.1) is 0 Å². The molecular weight excluding hydrogens is 218 g/mol. The fourth-order valence-corrected chi connectivity index (χ4v) is 1.46. The Morgan fingerprint density at radius 3 is 2.88 bits per heavy atom. The van der Waals surface area contributed by atoms with Gasteiger partial charge >= 0.3 is 0 Å². The molecule has 0 unspecified atom stereocenters. The number of oxime groups is 1. The van der Waals surface area contributed by atoms with Crippen LogP contribution in [0.1, 0.15) is 32.0 Å². The number of nitrogens with zero attached hydrogens (tertiary/aromatic N) is 4. The van der Waals surface area contributed by atoms with Gasteiger partial charge in [-0.15, -0.1) is 0 Å². The molecular formula is C11H21N5O. The predicted molar refractivity (Wildman–Crippen MR) is 67.0 cm³/mol. The van der Waals surface area contributed by atoms with E-state index < -0.39 is 0 Å². The van der Waals surface area contributed by atoms with Gasteiger partial charge in [0, 0.05) is 31.7 Å². The molecule has 1 aromatic heterocycles. The van der Waals surface area contributed by atoms with Crippen molar-refractivity contribution < 1.29 is 5.21 Å². The van der Waals surface area contributed by atoms with E-state index >= 15 is 0 Å². The van der Waals surface area contributed by atoms with Crippen molar-refractivity contribution in [2.75, 3.05) is 13.6 Å². The summed E-state index contributed by atoms with van der Waals surface area (Å²) in [5.74, 6) is 0.254. The van der Waals surface area contributed by atoms with E-state index in [1.165, 1.54) is 0 Å². The highest BCUT2D eigenvalue weighted by atomic mass is 16.4. The van der Waals surface area contributed by atoms with Crippen molar-refractivity contribution in [3.8, 4) is 0 Å². The second-order valence-electron chi connectivity index (χ2n) is 4.46. The molecule has 1 rings (SSSR count). The summed E-state index contributed by atoms with van der Waals surface area (Å²) in [6.07, 6.45) is 2.54. The van der Waals surface area contributed by atoms with E-state index in [-0.39, 0.29) is 5.84 Å². The number of rotatable bonds is 6. The van der Waals surface area contributed by atoms with Crippen LogP contribution < -0.4 is 5.73 Å². The van der Waals surface area contributed by atoms with Crippen LogP contribution in [-0.4, -0.2) is 39.3 Å². The van der Waals surface area contributed by atoms with Gasteiger partial charge in [-0.2, -0.15) is 5.10 Å². The lowest BCUT2D eigenvalue weighted by molar-refractivity contribution is 0.308. The van der Waals surface area contributed by atoms with Gasteiger partial charge in [0.2, 0.25) is 0 Å². The molecule has 0 fully saturated rings. The minimum absolute atomic E-state index is 0.254. The van der Waals surface area contributed by atoms with Crippen molar-refractivity contribution in [3.05, 3.63) is 18.0 Å². The van der Waals surface area contributed by atoms with Crippen LogP contribution in [0.3, 0.4) is 0 Å². The summed E-state index contributed by atoms with van der Waals surface area (Å²) in [6.45, 7) is 5.70. The molecule has 0 aromatic carbocycles. The second kappa shape index (κ2) is 6.24. The molecule has 0 aliphatic heterocycles. The van der Waals surface area contributed by atoms with Crippen LogP contribution in [0.2, 0.25) is 0 Å². The highest BCUT2D eigenvalue weighted by Gasteiger charge is 2.06. The van der Waals surface area contributed by atoms with Crippen molar-refractivity contribution in [1.82, 2.24) is 14.7 Å². The Balaban J connectivity index is 2.42. The zero-order valence-electron chi connectivity index (χ0n) is 10.7. The summed E-state index contributed by atoms with van der Waals surface area (Å²) < 4.78 is 1.94. The van der Waals surface area contributed by atoms with E-state index in [1.54, 1.807) is 0 Å². The first-order chi connectivity index (χ1) is 8.02. The Morgan fingerprint density at radius 1 is 1.65 bits per heavy atom. The number of amidine groups is 1. The number of nitrogens with two attached hydrogens (primary N) is 1. The average molecular weight is 239 g/mol. The van der Waals surface area contributed by atoms with Gasteiger partial charge in [0.05, 0.1) is 5.69 Å². The monoisotopic (exact) mass is 239 g/mol. The molecule has 0 atom stereocenters. The highest BCUT2D eigenvalue weighted by Crippen LogP contribution is 2.06. The molecule has 0 saturated heterocycles. The van der Waals surface area contributed by atoms with Gasteiger partial charge in [-0.3, -0.25) is 4.68 Å². The first-order valence-electron chi connectivity index (χ1n) is 5.72. The van der Waals surface area contributed by atoms with Gasteiger partial charge in [-0.05, 0) is 27.0 Å². The molecule has 0 saturated carbocycles. The Hall–Kier alpha value is -1.56. The van der Waals surface area contributed by atoms with E-state index in [4.69, 9.17) is 10.9 Å². The lowest BCUT2D eigenvalue weighted by Crippen LogP contribution is -2.24. The van der Waals surface area contributed by atoms with E-state index in [0.29, 0.717) is 12.5 Å². The zero-order chi connectivity index (χ0) is 12.8. The third-order valence-corrected chi connectivity index (χ3v) is 2.50. The average Bonchev–Trinajstić information content (AvgIpc) is 2.74. The van der Waals surface area contributed by atoms with Crippen molar-refractivity contribution in [3.63, 3.8) is 0 Å². The molecule has 0 spiro atoms. The van der Waals surface area contributed by atoms with Gasteiger partial charge in [-0.25, -0.2) is 0 Å². The number of hydrogen-bond donors (Lipinski definition) is 2. The van der Waals surface area contributed by atoms with E-state index in [2.05, 4.69) is 29.0 Å². The third kappa shape index (κ3) is 4.44. The number of hydrogen-bond acceptors (Lipinski definition) is 4. The smallest absolute Gasteiger partial charge is 0.140 e. The van der Waals surface area contributed by atoms with Gasteiger partial charge in [0.1, 0.15) is 5.84 Å². The number of aromatic nitrogens is 2. The van der Waals surface area contributed by atoms with Gasteiger partial charge < -0.3 is 15.8 Å². The molecule has 0 aliphatic rings. The molecule has 0 radical (unpaired) electrons. The van der Waals surface area contributed by atoms with Crippen LogP contribution in [0.15, 0.2) is 17.4 Å². The van der Waals surface area contributed by atoms with Crippen LogP contribution >= 0.6 is 0 Å². The Labute approximate surface area is 102 Å². The molecule has 3 N–H and O–H groups in total. The molecule has 0 amide bonds. The summed E-state index contributed by atoms with van der Waals surface area (Å²) >= 11 is 0. The molecule has 1 heterocycles. The van der Waals surface area contributed by atoms with Gasteiger partial charge in [-0.1, -0.05) is 5.16 Å². The van der Waals surface area contributed by atoms with E-state index in [0.717, 1.165) is 18.8 Å². The maximum absolute atomic E-state index is 8.43. The second-order valence-corrected chi connectivity index (χ2v) is 4.46. The molecule has 6 heteroatoms. The van der Waals surface area contributed by atoms with E-state index in [9.17, 15) is 0 Å². The maximum atomic E-state index is 8.43. The fourth-order valence-electron chi connectivity index (χ4n) is 1.46. The Kier molecular flexibility index (Phi) is 4.96. The highest BCUT2D eigenvalue weighted by molar-refractivity contribution is 5.79. The van der Waals surface area contributed by atoms with Crippen molar-refractivity contribution in [2.24, 2.45) is 10.9 Å². The SMILES string of the molecule is CC(C)n1ccc(CN(C)CCC(N)=NO)n1. The van der Waals surface area contributed by atoms with Crippen molar-refractivity contribution in [2.45, 2.75) is 32.9 Å². The minimum Gasteiger partial charge on any atom is -0.409 e. The lowest BCUT2D eigenvalue weighted by atomic mass is 10.3. The first kappa shape index (κ1) is 13.5. The van der Waals surface area contributed by atoms with Crippen LogP contribution in [0.25, 0.3) is 0 Å². The van der Waals surface area contributed by atoms with Gasteiger partial charge in [0.25, 0.3) is 0 Å². The van der Waals surface area contributed by atoms with Gasteiger partial charge in [0.15, 0.2) is 0 Å². The minimum atomic E-state index is 0.254. The van der Waals surface area contributed by atoms with Crippen molar-refractivity contribution >= 4 is 5.84 Å². The first-order valence-corrected chi connectivity index (χ1v) is 5.72. The predicted octanol–water partition coefficient (Wildman–Crippen LogP) is 1.03.